The summed E-state index contributed by atoms with van der Waals surface area (Å²) in [5, 5.41) is 0. The lowest BCUT2D eigenvalue weighted by molar-refractivity contribution is 0.0634. The molecule has 116 valence electrons. The third-order valence-corrected chi connectivity index (χ3v) is 5.27. The van der Waals surface area contributed by atoms with Gasteiger partial charge in [0.1, 0.15) is 5.69 Å². The summed E-state index contributed by atoms with van der Waals surface area (Å²) in [6, 6.07) is 2.64. The molecule has 0 unspecified atom stereocenters. The Morgan fingerprint density at radius 2 is 1.90 bits per heavy atom. The van der Waals surface area contributed by atoms with Crippen molar-refractivity contribution in [3.63, 3.8) is 0 Å². The number of aromatic nitrogens is 1. The third-order valence-electron chi connectivity index (χ3n) is 4.83. The number of amides is 1. The van der Waals surface area contributed by atoms with Crippen LogP contribution in [0.1, 0.15) is 43.1 Å². The highest BCUT2D eigenvalue weighted by Gasteiger charge is 2.29. The molecule has 21 heavy (non-hydrogen) atoms. The molecule has 5 heteroatoms. The molecule has 0 N–H and O–H groups in total. The van der Waals surface area contributed by atoms with Crippen molar-refractivity contribution in [3.8, 4) is 0 Å². The van der Waals surface area contributed by atoms with Gasteiger partial charge in [0.25, 0.3) is 5.91 Å². The quantitative estimate of drug-likeness (QED) is 0.835. The van der Waals surface area contributed by atoms with Crippen LogP contribution in [0.25, 0.3) is 0 Å². The van der Waals surface area contributed by atoms with Crippen LogP contribution in [0.15, 0.2) is 16.7 Å². The highest BCUT2D eigenvalue weighted by atomic mass is 79.9. The van der Waals surface area contributed by atoms with Gasteiger partial charge in [0.15, 0.2) is 0 Å². The largest absolute Gasteiger partial charge is 0.343 e. The maximum absolute atomic E-state index is 12.7. The first kappa shape index (κ1) is 15.1. The maximum Gasteiger partial charge on any atom is 0.270 e. The van der Waals surface area contributed by atoms with E-state index in [4.69, 9.17) is 0 Å². The number of carbonyl (C=O) groups is 1. The van der Waals surface area contributed by atoms with E-state index in [1.165, 1.54) is 25.9 Å². The molecule has 3 heterocycles. The first-order valence-corrected chi connectivity index (χ1v) is 8.87. The molecule has 2 fully saturated rings. The van der Waals surface area contributed by atoms with Crippen LogP contribution in [0.3, 0.4) is 0 Å². The number of nitrogens with zero attached hydrogens (tertiary/aromatic N) is 3. The number of aryl methyl sites for hydroxylation is 1. The van der Waals surface area contributed by atoms with Crippen LogP contribution in [0.4, 0.5) is 0 Å². The molecule has 0 radical (unpaired) electrons. The average molecular weight is 354 g/mol. The Bertz CT molecular complexity index is 500. The minimum absolute atomic E-state index is 0.183. The first-order chi connectivity index (χ1) is 10.2. The van der Waals surface area contributed by atoms with E-state index in [0.717, 1.165) is 42.6 Å². The van der Waals surface area contributed by atoms with E-state index in [2.05, 4.69) is 27.8 Å². The Kier molecular flexibility index (Phi) is 4.69. The van der Waals surface area contributed by atoms with E-state index in [-0.39, 0.29) is 5.91 Å². The zero-order chi connectivity index (χ0) is 14.8. The van der Waals surface area contributed by atoms with E-state index in [1.807, 2.05) is 21.7 Å². The second-order valence-corrected chi connectivity index (χ2v) is 7.01. The zero-order valence-electron chi connectivity index (χ0n) is 12.7. The number of piperidine rings is 1. The summed E-state index contributed by atoms with van der Waals surface area (Å²) < 4.78 is 3.01. The molecule has 2 aliphatic rings. The number of halogens is 1. The van der Waals surface area contributed by atoms with Crippen LogP contribution < -0.4 is 0 Å². The Morgan fingerprint density at radius 1 is 1.24 bits per heavy atom. The van der Waals surface area contributed by atoms with E-state index in [9.17, 15) is 4.79 Å². The minimum Gasteiger partial charge on any atom is -0.343 e. The van der Waals surface area contributed by atoms with Gasteiger partial charge < -0.3 is 14.4 Å². The van der Waals surface area contributed by atoms with Gasteiger partial charge in [-0.05, 0) is 67.7 Å². The van der Waals surface area contributed by atoms with Crippen molar-refractivity contribution in [3.05, 3.63) is 22.4 Å². The number of carbonyl (C=O) groups excluding carboxylic acids is 1. The Morgan fingerprint density at radius 3 is 2.52 bits per heavy atom. The van der Waals surface area contributed by atoms with Crippen molar-refractivity contribution in [2.24, 2.45) is 0 Å². The third kappa shape index (κ3) is 3.19. The molecule has 1 aromatic heterocycles. The van der Waals surface area contributed by atoms with Crippen molar-refractivity contribution in [2.45, 2.75) is 45.2 Å². The molecule has 0 saturated carbocycles. The van der Waals surface area contributed by atoms with Gasteiger partial charge in [0.05, 0.1) is 0 Å². The SMILES string of the molecule is CCn1cc(Br)cc1C(=O)N1CCC(N2CCCC2)CC1. The summed E-state index contributed by atoms with van der Waals surface area (Å²) >= 11 is 3.47. The molecular formula is C16H24BrN3O. The van der Waals surface area contributed by atoms with Crippen molar-refractivity contribution in [1.82, 2.24) is 14.4 Å². The van der Waals surface area contributed by atoms with Gasteiger partial charge >= 0.3 is 0 Å². The molecule has 1 aromatic rings. The van der Waals surface area contributed by atoms with Gasteiger partial charge in [-0.3, -0.25) is 4.79 Å². The fourth-order valence-electron chi connectivity index (χ4n) is 3.62. The van der Waals surface area contributed by atoms with Crippen LogP contribution in [0, 0.1) is 0 Å². The Balaban J connectivity index is 1.62. The van der Waals surface area contributed by atoms with Crippen LogP contribution >= 0.6 is 15.9 Å². The van der Waals surface area contributed by atoms with Crippen molar-refractivity contribution in [1.29, 1.82) is 0 Å². The maximum atomic E-state index is 12.7. The summed E-state index contributed by atoms with van der Waals surface area (Å²) in [6.45, 7) is 7.20. The molecule has 1 amide bonds. The topological polar surface area (TPSA) is 28.5 Å². The lowest BCUT2D eigenvalue weighted by Gasteiger charge is -2.36. The standard InChI is InChI=1S/C16H24BrN3O/c1-2-18-12-13(17)11-15(18)16(21)20-9-5-14(6-10-20)19-7-3-4-8-19/h11-12,14H,2-10H2,1H3. The van der Waals surface area contributed by atoms with Gasteiger partial charge in [-0.25, -0.2) is 0 Å². The monoisotopic (exact) mass is 353 g/mol. The predicted octanol–water partition coefficient (Wildman–Crippen LogP) is 2.97. The zero-order valence-corrected chi connectivity index (χ0v) is 14.3. The molecule has 3 rings (SSSR count). The lowest BCUT2D eigenvalue weighted by Crippen LogP contribution is -2.46. The number of hydrogen-bond acceptors (Lipinski definition) is 2. The number of rotatable bonds is 3. The lowest BCUT2D eigenvalue weighted by atomic mass is 10.0. The van der Waals surface area contributed by atoms with Gasteiger partial charge in [0, 0.05) is 36.3 Å². The van der Waals surface area contributed by atoms with E-state index < -0.39 is 0 Å². The molecule has 0 aromatic carbocycles. The fourth-order valence-corrected chi connectivity index (χ4v) is 4.08. The fraction of sp³-hybridized carbons (Fsp3) is 0.688. The second-order valence-electron chi connectivity index (χ2n) is 6.10. The molecule has 2 aliphatic heterocycles. The number of likely N-dealkylation sites (tertiary alicyclic amines) is 2. The highest BCUT2D eigenvalue weighted by molar-refractivity contribution is 9.10. The van der Waals surface area contributed by atoms with Crippen molar-refractivity contribution >= 4 is 21.8 Å². The van der Waals surface area contributed by atoms with E-state index >= 15 is 0 Å². The van der Waals surface area contributed by atoms with Crippen LogP contribution in [-0.4, -0.2) is 52.5 Å². The van der Waals surface area contributed by atoms with Crippen LogP contribution in [0.5, 0.6) is 0 Å². The highest BCUT2D eigenvalue weighted by Crippen LogP contribution is 2.23. The molecule has 0 spiro atoms. The van der Waals surface area contributed by atoms with Crippen molar-refractivity contribution < 1.29 is 4.79 Å². The van der Waals surface area contributed by atoms with Crippen LogP contribution in [-0.2, 0) is 6.54 Å². The number of hydrogen-bond donors (Lipinski definition) is 0. The van der Waals surface area contributed by atoms with Crippen molar-refractivity contribution in [2.75, 3.05) is 26.2 Å². The smallest absolute Gasteiger partial charge is 0.270 e. The summed E-state index contributed by atoms with van der Waals surface area (Å²) in [6.07, 6.45) is 6.93. The summed E-state index contributed by atoms with van der Waals surface area (Å²) in [5.74, 6) is 0.183. The van der Waals surface area contributed by atoms with Gasteiger partial charge in [-0.15, -0.1) is 0 Å². The average Bonchev–Trinajstić information content (AvgIpc) is 3.16. The second kappa shape index (κ2) is 6.53. The van der Waals surface area contributed by atoms with Gasteiger partial charge in [-0.1, -0.05) is 0 Å². The summed E-state index contributed by atoms with van der Waals surface area (Å²) in [5.41, 5.74) is 0.809. The summed E-state index contributed by atoms with van der Waals surface area (Å²) in [4.78, 5) is 17.3. The predicted molar refractivity (Wildman–Crippen MR) is 87.5 cm³/mol. The van der Waals surface area contributed by atoms with Crippen LogP contribution in [0.2, 0.25) is 0 Å². The molecular weight excluding hydrogens is 330 g/mol. The molecule has 0 atom stereocenters. The van der Waals surface area contributed by atoms with Gasteiger partial charge in [0.2, 0.25) is 0 Å². The molecule has 4 nitrogen and oxygen atoms in total. The van der Waals surface area contributed by atoms with E-state index in [1.54, 1.807) is 0 Å². The van der Waals surface area contributed by atoms with Gasteiger partial charge in [-0.2, -0.15) is 0 Å². The minimum atomic E-state index is 0.183. The van der Waals surface area contributed by atoms with E-state index in [0.29, 0.717) is 6.04 Å². The normalized spacial score (nSPS) is 21.1. The Hall–Kier alpha value is -0.810. The first-order valence-electron chi connectivity index (χ1n) is 8.08. The molecule has 0 bridgehead atoms. The Labute approximate surface area is 135 Å². The molecule has 0 aliphatic carbocycles. The molecule has 2 saturated heterocycles. The summed E-state index contributed by atoms with van der Waals surface area (Å²) in [7, 11) is 0.